The van der Waals surface area contributed by atoms with Gasteiger partial charge in [0.1, 0.15) is 5.75 Å². The van der Waals surface area contributed by atoms with Gasteiger partial charge in [-0.25, -0.2) is 4.68 Å². The highest BCUT2D eigenvalue weighted by atomic mass is 35.5. The quantitative estimate of drug-likeness (QED) is 0.689. The van der Waals surface area contributed by atoms with Gasteiger partial charge in [0.25, 0.3) is 5.91 Å². The molecule has 0 bridgehead atoms. The molecule has 0 atom stereocenters. The summed E-state index contributed by atoms with van der Waals surface area (Å²) in [5, 5.41) is 6.74. The van der Waals surface area contributed by atoms with Crippen molar-refractivity contribution in [2.75, 3.05) is 11.9 Å². The summed E-state index contributed by atoms with van der Waals surface area (Å²) in [5.74, 6) is -0.340. The van der Waals surface area contributed by atoms with Crippen molar-refractivity contribution in [1.29, 1.82) is 0 Å². The number of carbonyl (C=O) groups is 1. The first-order valence-corrected chi connectivity index (χ1v) is 8.11. The fourth-order valence-corrected chi connectivity index (χ4v) is 2.51. The van der Waals surface area contributed by atoms with Gasteiger partial charge in [0, 0.05) is 12.4 Å². The summed E-state index contributed by atoms with van der Waals surface area (Å²) < 4.78 is 45.7. The number of benzene rings is 2. The van der Waals surface area contributed by atoms with E-state index in [0.29, 0.717) is 16.5 Å². The van der Waals surface area contributed by atoms with Crippen LogP contribution >= 0.6 is 11.6 Å². The van der Waals surface area contributed by atoms with Crippen LogP contribution in [0.2, 0.25) is 5.02 Å². The molecular weight excluding hydrogens is 383 g/mol. The Bertz CT molecular complexity index is 943. The number of carbonyl (C=O) groups excluding carboxylic acids is 1. The lowest BCUT2D eigenvalue weighted by Crippen LogP contribution is -2.21. The molecule has 3 aromatic rings. The van der Waals surface area contributed by atoms with Gasteiger partial charge in [-0.05, 0) is 36.4 Å². The monoisotopic (exact) mass is 395 g/mol. The van der Waals surface area contributed by atoms with Crippen molar-refractivity contribution in [3.05, 3.63) is 71.5 Å². The maximum atomic E-state index is 13.0. The Morgan fingerprint density at radius 1 is 1.19 bits per heavy atom. The van der Waals surface area contributed by atoms with Crippen LogP contribution in [-0.2, 0) is 11.0 Å². The third-order valence-corrected chi connectivity index (χ3v) is 3.86. The highest BCUT2D eigenvalue weighted by molar-refractivity contribution is 6.32. The molecule has 1 amide bonds. The van der Waals surface area contributed by atoms with E-state index in [2.05, 4.69) is 10.4 Å². The van der Waals surface area contributed by atoms with E-state index in [1.165, 1.54) is 16.9 Å². The van der Waals surface area contributed by atoms with E-state index in [9.17, 15) is 18.0 Å². The van der Waals surface area contributed by atoms with Gasteiger partial charge in [0.15, 0.2) is 6.61 Å². The van der Waals surface area contributed by atoms with Gasteiger partial charge < -0.3 is 10.1 Å². The lowest BCUT2D eigenvalue weighted by molar-refractivity contribution is -0.137. The molecule has 5 nitrogen and oxygen atoms in total. The van der Waals surface area contributed by atoms with Gasteiger partial charge in [0.05, 0.1) is 22.0 Å². The highest BCUT2D eigenvalue weighted by Gasteiger charge is 2.31. The standard InChI is InChI=1S/C18H13ClF3N3O2/c19-13-4-1-2-5-16(13)27-11-17(26)24-14-10-12(18(20,21)22)6-7-15(14)25-9-3-8-23-25/h1-10H,11H2,(H,24,26). The lowest BCUT2D eigenvalue weighted by Gasteiger charge is -2.15. The number of anilines is 1. The zero-order chi connectivity index (χ0) is 19.4. The van der Waals surface area contributed by atoms with E-state index < -0.39 is 24.3 Å². The average Bonchev–Trinajstić information content (AvgIpc) is 3.14. The van der Waals surface area contributed by atoms with Gasteiger partial charge in [0.2, 0.25) is 0 Å². The number of nitrogens with zero attached hydrogens (tertiary/aromatic N) is 2. The van der Waals surface area contributed by atoms with Gasteiger partial charge in [-0.3, -0.25) is 4.79 Å². The van der Waals surface area contributed by atoms with E-state index in [1.807, 2.05) is 0 Å². The molecule has 1 heterocycles. The first-order chi connectivity index (χ1) is 12.8. The van der Waals surface area contributed by atoms with Crippen molar-refractivity contribution < 1.29 is 22.7 Å². The van der Waals surface area contributed by atoms with Crippen LogP contribution in [0.15, 0.2) is 60.9 Å². The topological polar surface area (TPSA) is 56.1 Å². The number of hydrogen-bond acceptors (Lipinski definition) is 3. The average molecular weight is 396 g/mol. The molecule has 0 radical (unpaired) electrons. The number of aromatic nitrogens is 2. The fraction of sp³-hybridized carbons (Fsp3) is 0.111. The normalized spacial score (nSPS) is 11.3. The SMILES string of the molecule is O=C(COc1ccccc1Cl)Nc1cc(C(F)(F)F)ccc1-n1cccn1. The van der Waals surface area contributed by atoms with Gasteiger partial charge in [-0.2, -0.15) is 18.3 Å². The first kappa shape index (κ1) is 18.8. The van der Waals surface area contributed by atoms with Crippen LogP contribution in [-0.4, -0.2) is 22.3 Å². The largest absolute Gasteiger partial charge is 0.482 e. The zero-order valence-corrected chi connectivity index (χ0v) is 14.5. The summed E-state index contributed by atoms with van der Waals surface area (Å²) in [7, 11) is 0. The third-order valence-electron chi connectivity index (χ3n) is 3.54. The molecule has 0 fully saturated rings. The smallest absolute Gasteiger partial charge is 0.416 e. The van der Waals surface area contributed by atoms with Crippen molar-refractivity contribution >= 4 is 23.2 Å². The van der Waals surface area contributed by atoms with Gasteiger partial charge in [-0.15, -0.1) is 0 Å². The number of rotatable bonds is 5. The number of ether oxygens (including phenoxy) is 1. The Balaban J connectivity index is 1.81. The molecule has 1 aromatic heterocycles. The molecule has 0 spiro atoms. The summed E-state index contributed by atoms with van der Waals surface area (Å²) in [6, 6.07) is 11.2. The number of hydrogen-bond donors (Lipinski definition) is 1. The molecule has 140 valence electrons. The maximum absolute atomic E-state index is 13.0. The van der Waals surface area contributed by atoms with E-state index in [4.69, 9.17) is 16.3 Å². The summed E-state index contributed by atoms with van der Waals surface area (Å²) in [5.41, 5.74) is -0.638. The van der Waals surface area contributed by atoms with Gasteiger partial charge >= 0.3 is 6.18 Å². The van der Waals surface area contributed by atoms with E-state index >= 15 is 0 Å². The number of alkyl halides is 3. The first-order valence-electron chi connectivity index (χ1n) is 7.73. The van der Waals surface area contributed by atoms with Crippen LogP contribution in [0.5, 0.6) is 5.75 Å². The van der Waals surface area contributed by atoms with Crippen molar-refractivity contribution in [3.63, 3.8) is 0 Å². The molecule has 0 aliphatic carbocycles. The predicted octanol–water partition coefficient (Wildman–Crippen LogP) is 4.56. The second-order valence-corrected chi connectivity index (χ2v) is 5.85. The minimum absolute atomic E-state index is 0.0405. The minimum Gasteiger partial charge on any atom is -0.482 e. The van der Waals surface area contributed by atoms with Crippen LogP contribution in [0.3, 0.4) is 0 Å². The summed E-state index contributed by atoms with van der Waals surface area (Å²) >= 11 is 5.94. The number of amides is 1. The number of halogens is 4. The predicted molar refractivity (Wildman–Crippen MR) is 94.1 cm³/mol. The Kier molecular flexibility index (Phi) is 5.36. The summed E-state index contributed by atoms with van der Waals surface area (Å²) in [4.78, 5) is 12.2. The van der Waals surface area contributed by atoms with Crippen molar-refractivity contribution in [3.8, 4) is 11.4 Å². The number of nitrogens with one attached hydrogen (secondary N) is 1. The van der Waals surface area contributed by atoms with Gasteiger partial charge in [-0.1, -0.05) is 23.7 Å². The molecular formula is C18H13ClF3N3O2. The van der Waals surface area contributed by atoms with Crippen molar-refractivity contribution in [2.45, 2.75) is 6.18 Å². The Morgan fingerprint density at radius 3 is 2.63 bits per heavy atom. The van der Waals surface area contributed by atoms with Crippen molar-refractivity contribution in [1.82, 2.24) is 9.78 Å². The molecule has 27 heavy (non-hydrogen) atoms. The molecule has 0 aliphatic rings. The molecule has 3 rings (SSSR count). The fourth-order valence-electron chi connectivity index (χ4n) is 2.31. The zero-order valence-electron chi connectivity index (χ0n) is 13.7. The molecule has 2 aromatic carbocycles. The van der Waals surface area contributed by atoms with Crippen LogP contribution in [0, 0.1) is 0 Å². The maximum Gasteiger partial charge on any atom is 0.416 e. The Labute approximate surface area is 157 Å². The van der Waals surface area contributed by atoms with Crippen LogP contribution in [0.1, 0.15) is 5.56 Å². The minimum atomic E-state index is -4.55. The lowest BCUT2D eigenvalue weighted by atomic mass is 10.1. The van der Waals surface area contributed by atoms with E-state index in [1.54, 1.807) is 36.5 Å². The summed E-state index contributed by atoms with van der Waals surface area (Å²) in [6.45, 7) is -0.418. The van der Waals surface area contributed by atoms with Crippen LogP contribution < -0.4 is 10.1 Å². The van der Waals surface area contributed by atoms with Crippen LogP contribution in [0.25, 0.3) is 5.69 Å². The highest BCUT2D eigenvalue weighted by Crippen LogP contribution is 2.33. The summed E-state index contributed by atoms with van der Waals surface area (Å²) in [6.07, 6.45) is -1.52. The number of para-hydroxylation sites is 1. The molecule has 0 saturated heterocycles. The van der Waals surface area contributed by atoms with Crippen LogP contribution in [0.4, 0.5) is 18.9 Å². The Morgan fingerprint density at radius 2 is 1.96 bits per heavy atom. The van der Waals surface area contributed by atoms with Crippen molar-refractivity contribution in [2.24, 2.45) is 0 Å². The Hall–Kier alpha value is -3.00. The molecule has 9 heteroatoms. The van der Waals surface area contributed by atoms with E-state index in [0.717, 1.165) is 12.1 Å². The second-order valence-electron chi connectivity index (χ2n) is 5.45. The molecule has 0 saturated carbocycles. The third kappa shape index (κ3) is 4.59. The van der Waals surface area contributed by atoms with E-state index in [-0.39, 0.29) is 5.69 Å². The molecule has 0 unspecified atom stereocenters. The molecule has 1 N–H and O–H groups in total. The molecule has 0 aliphatic heterocycles. The second kappa shape index (κ2) is 7.71.